The van der Waals surface area contributed by atoms with Crippen molar-refractivity contribution < 1.29 is 19.4 Å². The molecule has 1 aliphatic rings. The Balaban J connectivity index is 1.74. The highest BCUT2D eigenvalue weighted by Crippen LogP contribution is 2.26. The van der Waals surface area contributed by atoms with Crippen molar-refractivity contribution >= 4 is 5.97 Å². The van der Waals surface area contributed by atoms with Crippen molar-refractivity contribution in [3.05, 3.63) is 42.1 Å². The Hall–Kier alpha value is -2.27. The van der Waals surface area contributed by atoms with Gasteiger partial charge in [0.15, 0.2) is 0 Å². The highest BCUT2D eigenvalue weighted by Gasteiger charge is 2.27. The van der Waals surface area contributed by atoms with Crippen LogP contribution in [0.1, 0.15) is 25.0 Å². The number of esters is 1. The van der Waals surface area contributed by atoms with E-state index in [0.717, 1.165) is 29.2 Å². The monoisotopic (exact) mass is 329 g/mol. The Morgan fingerprint density at radius 1 is 1.25 bits per heavy atom. The van der Waals surface area contributed by atoms with Crippen molar-refractivity contribution in [2.75, 3.05) is 7.11 Å². The van der Waals surface area contributed by atoms with Crippen LogP contribution in [0.3, 0.4) is 0 Å². The van der Waals surface area contributed by atoms with E-state index >= 15 is 0 Å². The predicted octanol–water partition coefficient (Wildman–Crippen LogP) is 2.93. The Labute approximate surface area is 141 Å². The largest absolute Gasteiger partial charge is 0.497 e. The molecule has 5 heteroatoms. The number of nitrogens with zero attached hydrogens (tertiary/aromatic N) is 1. The van der Waals surface area contributed by atoms with Crippen LogP contribution < -0.4 is 4.74 Å². The molecule has 2 atom stereocenters. The molecule has 5 nitrogen and oxygen atoms in total. The maximum absolute atomic E-state index is 11.5. The number of ether oxygens (including phenoxy) is 2. The van der Waals surface area contributed by atoms with Gasteiger partial charge in [0.05, 0.1) is 19.6 Å². The number of aliphatic hydroxyl groups excluding tert-OH is 1. The van der Waals surface area contributed by atoms with Gasteiger partial charge in [-0.15, -0.1) is 0 Å². The molecule has 128 valence electrons. The van der Waals surface area contributed by atoms with Gasteiger partial charge in [0.1, 0.15) is 11.9 Å². The minimum absolute atomic E-state index is 0.107. The number of aromatic nitrogens is 1. The lowest BCUT2D eigenvalue weighted by molar-refractivity contribution is -0.160. The lowest BCUT2D eigenvalue weighted by Gasteiger charge is -2.26. The van der Waals surface area contributed by atoms with Gasteiger partial charge < -0.3 is 19.1 Å². The summed E-state index contributed by atoms with van der Waals surface area (Å²) < 4.78 is 12.8. The second-order valence-electron chi connectivity index (χ2n) is 6.23. The third kappa shape index (κ3) is 3.62. The van der Waals surface area contributed by atoms with Crippen molar-refractivity contribution in [1.82, 2.24) is 4.57 Å². The molecule has 0 amide bonds. The van der Waals surface area contributed by atoms with E-state index in [-0.39, 0.29) is 18.5 Å². The average molecular weight is 329 g/mol. The highest BCUT2D eigenvalue weighted by molar-refractivity contribution is 5.71. The molecule has 0 spiro atoms. The van der Waals surface area contributed by atoms with Gasteiger partial charge in [0.25, 0.3) is 0 Å². The molecule has 1 aliphatic heterocycles. The van der Waals surface area contributed by atoms with Crippen molar-refractivity contribution in [2.24, 2.45) is 0 Å². The van der Waals surface area contributed by atoms with E-state index in [4.69, 9.17) is 9.47 Å². The standard InChI is InChI=1S/C19H23NO4/c1-13-3-8-18(14-4-6-16(23-2)7-5-14)20(13)10-9-17-11-15(21)12-19(22)24-17/h3-8,15,17,21H,9-12H2,1-2H3. The van der Waals surface area contributed by atoms with Gasteiger partial charge in [-0.2, -0.15) is 0 Å². The van der Waals surface area contributed by atoms with Gasteiger partial charge in [0.2, 0.25) is 0 Å². The van der Waals surface area contributed by atoms with Gasteiger partial charge >= 0.3 is 5.97 Å². The maximum Gasteiger partial charge on any atom is 0.308 e. The summed E-state index contributed by atoms with van der Waals surface area (Å²) >= 11 is 0. The van der Waals surface area contributed by atoms with Crippen LogP contribution in [-0.4, -0.2) is 35.0 Å². The molecule has 0 aliphatic carbocycles. The van der Waals surface area contributed by atoms with Gasteiger partial charge in [-0.1, -0.05) is 0 Å². The number of benzene rings is 1. The summed E-state index contributed by atoms with van der Waals surface area (Å²) in [6, 6.07) is 12.1. The second-order valence-corrected chi connectivity index (χ2v) is 6.23. The van der Waals surface area contributed by atoms with Gasteiger partial charge in [-0.25, -0.2) is 0 Å². The minimum Gasteiger partial charge on any atom is -0.497 e. The highest BCUT2D eigenvalue weighted by atomic mass is 16.5. The van der Waals surface area contributed by atoms with Crippen LogP contribution in [0.4, 0.5) is 0 Å². The van der Waals surface area contributed by atoms with Crippen molar-refractivity contribution in [2.45, 2.75) is 44.9 Å². The Morgan fingerprint density at radius 2 is 2.00 bits per heavy atom. The molecule has 0 saturated carbocycles. The number of cyclic esters (lactones) is 1. The number of rotatable bonds is 5. The van der Waals surface area contributed by atoms with E-state index in [1.807, 2.05) is 24.3 Å². The van der Waals surface area contributed by atoms with E-state index in [2.05, 4.69) is 23.6 Å². The first-order valence-corrected chi connectivity index (χ1v) is 8.25. The first-order chi connectivity index (χ1) is 11.6. The molecule has 2 unspecified atom stereocenters. The third-order valence-corrected chi connectivity index (χ3v) is 4.49. The van der Waals surface area contributed by atoms with Gasteiger partial charge in [0, 0.05) is 30.8 Å². The molecule has 2 aromatic rings. The Morgan fingerprint density at radius 3 is 2.67 bits per heavy atom. The molecule has 0 bridgehead atoms. The summed E-state index contributed by atoms with van der Waals surface area (Å²) in [4.78, 5) is 11.5. The van der Waals surface area contributed by atoms with Crippen LogP contribution in [-0.2, 0) is 16.1 Å². The first kappa shape index (κ1) is 16.6. The minimum atomic E-state index is -0.580. The lowest BCUT2D eigenvalue weighted by atomic mass is 10.0. The quantitative estimate of drug-likeness (QED) is 0.857. The molecule has 1 fully saturated rings. The molecular formula is C19H23NO4. The fraction of sp³-hybridized carbons (Fsp3) is 0.421. The van der Waals surface area contributed by atoms with E-state index in [9.17, 15) is 9.90 Å². The molecule has 2 heterocycles. The van der Waals surface area contributed by atoms with Crippen molar-refractivity contribution in [1.29, 1.82) is 0 Å². The van der Waals surface area contributed by atoms with E-state index < -0.39 is 6.10 Å². The van der Waals surface area contributed by atoms with Crippen LogP contribution >= 0.6 is 0 Å². The van der Waals surface area contributed by atoms with E-state index in [1.165, 1.54) is 0 Å². The number of methoxy groups -OCH3 is 1. The SMILES string of the molecule is COc1ccc(-c2ccc(C)n2CCC2CC(O)CC(=O)O2)cc1. The fourth-order valence-electron chi connectivity index (χ4n) is 3.19. The number of aliphatic hydroxyl groups is 1. The average Bonchev–Trinajstić information content (AvgIpc) is 2.93. The van der Waals surface area contributed by atoms with Crippen LogP contribution in [0.15, 0.2) is 36.4 Å². The molecule has 1 N–H and O–H groups in total. The number of hydrogen-bond acceptors (Lipinski definition) is 4. The number of carbonyl (C=O) groups is 1. The second kappa shape index (κ2) is 7.09. The van der Waals surface area contributed by atoms with Crippen molar-refractivity contribution in [3.63, 3.8) is 0 Å². The summed E-state index contributed by atoms with van der Waals surface area (Å²) in [5.41, 5.74) is 3.39. The van der Waals surface area contributed by atoms with Crippen LogP contribution in [0, 0.1) is 6.92 Å². The zero-order valence-electron chi connectivity index (χ0n) is 14.1. The maximum atomic E-state index is 11.5. The molecule has 1 saturated heterocycles. The van der Waals surface area contributed by atoms with E-state index in [1.54, 1.807) is 7.11 Å². The van der Waals surface area contributed by atoms with E-state index in [0.29, 0.717) is 12.8 Å². The molecule has 3 rings (SSSR count). The Bertz CT molecular complexity index is 705. The summed E-state index contributed by atoms with van der Waals surface area (Å²) in [5.74, 6) is 0.523. The van der Waals surface area contributed by atoms with Crippen molar-refractivity contribution in [3.8, 4) is 17.0 Å². The van der Waals surface area contributed by atoms with Gasteiger partial charge in [-0.05, 0) is 48.9 Å². The zero-order valence-corrected chi connectivity index (χ0v) is 14.1. The number of hydrogen-bond donors (Lipinski definition) is 1. The third-order valence-electron chi connectivity index (χ3n) is 4.49. The molecular weight excluding hydrogens is 306 g/mol. The lowest BCUT2D eigenvalue weighted by Crippen LogP contribution is -2.33. The zero-order chi connectivity index (χ0) is 17.1. The summed E-state index contributed by atoms with van der Waals surface area (Å²) in [6.45, 7) is 2.81. The van der Waals surface area contributed by atoms with Crippen LogP contribution in [0.25, 0.3) is 11.3 Å². The summed E-state index contributed by atoms with van der Waals surface area (Å²) in [7, 11) is 1.65. The fourth-order valence-corrected chi connectivity index (χ4v) is 3.19. The van der Waals surface area contributed by atoms with Gasteiger partial charge in [-0.3, -0.25) is 4.79 Å². The number of carbonyl (C=O) groups excluding carboxylic acids is 1. The summed E-state index contributed by atoms with van der Waals surface area (Å²) in [6.07, 6.45) is 0.525. The smallest absolute Gasteiger partial charge is 0.308 e. The molecule has 24 heavy (non-hydrogen) atoms. The van der Waals surface area contributed by atoms with Crippen LogP contribution in [0.2, 0.25) is 0 Å². The Kier molecular flexibility index (Phi) is 4.90. The molecule has 1 aromatic carbocycles. The normalized spacial score (nSPS) is 20.7. The molecule has 0 radical (unpaired) electrons. The topological polar surface area (TPSA) is 60.7 Å². The van der Waals surface area contributed by atoms with Crippen LogP contribution in [0.5, 0.6) is 5.75 Å². The molecule has 1 aromatic heterocycles. The summed E-state index contributed by atoms with van der Waals surface area (Å²) in [5, 5.41) is 9.72. The number of aryl methyl sites for hydroxylation is 1. The predicted molar refractivity (Wildman–Crippen MR) is 90.9 cm³/mol. The first-order valence-electron chi connectivity index (χ1n) is 8.25.